The maximum Gasteiger partial charge on any atom is 0.416 e. The van der Waals surface area contributed by atoms with Crippen molar-refractivity contribution < 1.29 is 22.6 Å². The molecule has 0 aliphatic carbocycles. The summed E-state index contributed by atoms with van der Waals surface area (Å²) in [4.78, 5) is 0. The van der Waals surface area contributed by atoms with Gasteiger partial charge in [0.1, 0.15) is 5.75 Å². The first-order valence-corrected chi connectivity index (χ1v) is 9.43. The summed E-state index contributed by atoms with van der Waals surface area (Å²) in [5.74, 6) is 1.51. The number of nitrogens with zero attached hydrogens (tertiary/aromatic N) is 1. The van der Waals surface area contributed by atoms with E-state index in [9.17, 15) is 13.2 Å². The SMILES string of the molecule is COc1ccc(CCn2c(CCc3ccccc3C(F)(F)F)ccc2OC)cc1. The van der Waals surface area contributed by atoms with Crippen molar-refractivity contribution in [2.45, 2.75) is 32.0 Å². The number of benzene rings is 2. The molecule has 0 unspecified atom stereocenters. The maximum atomic E-state index is 13.2. The number of aromatic nitrogens is 1. The maximum absolute atomic E-state index is 13.2. The molecule has 0 radical (unpaired) electrons. The Labute approximate surface area is 168 Å². The minimum atomic E-state index is -4.34. The number of ether oxygens (including phenoxy) is 2. The molecule has 1 aromatic heterocycles. The van der Waals surface area contributed by atoms with Gasteiger partial charge < -0.3 is 14.0 Å². The van der Waals surface area contributed by atoms with E-state index in [4.69, 9.17) is 9.47 Å². The summed E-state index contributed by atoms with van der Waals surface area (Å²) in [5, 5.41) is 0. The van der Waals surface area contributed by atoms with Gasteiger partial charge in [0.05, 0.1) is 19.8 Å². The fraction of sp³-hybridized carbons (Fsp3) is 0.304. The minimum Gasteiger partial charge on any atom is -0.497 e. The number of rotatable bonds is 8. The van der Waals surface area contributed by atoms with E-state index in [-0.39, 0.29) is 0 Å². The molecule has 3 aromatic rings. The largest absolute Gasteiger partial charge is 0.497 e. The number of methoxy groups -OCH3 is 2. The van der Waals surface area contributed by atoms with Crippen LogP contribution in [0.5, 0.6) is 11.6 Å². The van der Waals surface area contributed by atoms with Crippen LogP contribution in [0.25, 0.3) is 0 Å². The third-order valence-electron chi connectivity index (χ3n) is 5.00. The minimum absolute atomic E-state index is 0.307. The molecule has 29 heavy (non-hydrogen) atoms. The van der Waals surface area contributed by atoms with E-state index in [0.717, 1.165) is 29.5 Å². The molecule has 0 spiro atoms. The first-order valence-electron chi connectivity index (χ1n) is 9.43. The first-order chi connectivity index (χ1) is 13.9. The summed E-state index contributed by atoms with van der Waals surface area (Å²) in [6, 6.07) is 17.4. The van der Waals surface area contributed by atoms with Crippen LogP contribution < -0.4 is 9.47 Å². The monoisotopic (exact) mass is 403 g/mol. The lowest BCUT2D eigenvalue weighted by Crippen LogP contribution is -2.11. The summed E-state index contributed by atoms with van der Waals surface area (Å²) >= 11 is 0. The van der Waals surface area contributed by atoms with Crippen LogP contribution in [0.2, 0.25) is 0 Å². The highest BCUT2D eigenvalue weighted by Gasteiger charge is 2.32. The van der Waals surface area contributed by atoms with E-state index in [1.54, 1.807) is 26.4 Å². The Bertz CT molecular complexity index is 930. The number of halogens is 3. The van der Waals surface area contributed by atoms with Gasteiger partial charge in [-0.15, -0.1) is 0 Å². The molecule has 3 rings (SSSR count). The highest BCUT2D eigenvalue weighted by atomic mass is 19.4. The first kappa shape index (κ1) is 20.8. The number of aryl methyl sites for hydroxylation is 3. The molecule has 1 heterocycles. The van der Waals surface area contributed by atoms with E-state index >= 15 is 0 Å². The predicted molar refractivity (Wildman–Crippen MR) is 107 cm³/mol. The van der Waals surface area contributed by atoms with Gasteiger partial charge in [0.15, 0.2) is 5.88 Å². The van der Waals surface area contributed by atoms with Gasteiger partial charge in [-0.2, -0.15) is 13.2 Å². The molecule has 2 aromatic carbocycles. The Morgan fingerprint density at radius 3 is 2.17 bits per heavy atom. The van der Waals surface area contributed by atoms with Crippen molar-refractivity contribution in [2.75, 3.05) is 14.2 Å². The van der Waals surface area contributed by atoms with Crippen molar-refractivity contribution in [1.82, 2.24) is 4.57 Å². The second kappa shape index (κ2) is 9.07. The zero-order valence-corrected chi connectivity index (χ0v) is 16.5. The van der Waals surface area contributed by atoms with Crippen LogP contribution in [0.15, 0.2) is 60.7 Å². The van der Waals surface area contributed by atoms with Gasteiger partial charge in [0.2, 0.25) is 0 Å². The topological polar surface area (TPSA) is 23.4 Å². The molecule has 0 saturated carbocycles. The fourth-order valence-electron chi connectivity index (χ4n) is 3.45. The van der Waals surface area contributed by atoms with Crippen molar-refractivity contribution in [1.29, 1.82) is 0 Å². The Kier molecular flexibility index (Phi) is 6.52. The summed E-state index contributed by atoms with van der Waals surface area (Å²) in [6.45, 7) is 0.679. The quantitative estimate of drug-likeness (QED) is 0.492. The Balaban J connectivity index is 1.73. The van der Waals surface area contributed by atoms with Gasteiger partial charge in [0.25, 0.3) is 0 Å². The Hall–Kier alpha value is -2.89. The van der Waals surface area contributed by atoms with Crippen LogP contribution in [0, 0.1) is 0 Å². The molecular weight excluding hydrogens is 379 g/mol. The average Bonchev–Trinajstić information content (AvgIpc) is 3.12. The van der Waals surface area contributed by atoms with Gasteiger partial charge in [-0.05, 0) is 54.7 Å². The zero-order valence-electron chi connectivity index (χ0n) is 16.5. The van der Waals surface area contributed by atoms with Crippen molar-refractivity contribution in [2.24, 2.45) is 0 Å². The van der Waals surface area contributed by atoms with Crippen molar-refractivity contribution in [3.8, 4) is 11.6 Å². The van der Waals surface area contributed by atoms with Crippen LogP contribution >= 0.6 is 0 Å². The Morgan fingerprint density at radius 2 is 1.52 bits per heavy atom. The van der Waals surface area contributed by atoms with Crippen LogP contribution in [0.1, 0.15) is 22.4 Å². The Morgan fingerprint density at radius 1 is 0.793 bits per heavy atom. The molecule has 0 N–H and O–H groups in total. The van der Waals surface area contributed by atoms with E-state index < -0.39 is 11.7 Å². The average molecular weight is 403 g/mol. The molecule has 0 fully saturated rings. The lowest BCUT2D eigenvalue weighted by molar-refractivity contribution is -0.138. The number of alkyl halides is 3. The molecular formula is C23H24F3NO2. The molecule has 0 atom stereocenters. The van der Waals surface area contributed by atoms with Crippen LogP contribution in [-0.2, 0) is 32.0 Å². The van der Waals surface area contributed by atoms with E-state index in [0.29, 0.717) is 30.8 Å². The van der Waals surface area contributed by atoms with Gasteiger partial charge in [-0.1, -0.05) is 30.3 Å². The molecule has 154 valence electrons. The molecule has 6 heteroatoms. The molecule has 0 saturated heterocycles. The van der Waals surface area contributed by atoms with Crippen molar-refractivity contribution >= 4 is 0 Å². The lowest BCUT2D eigenvalue weighted by Gasteiger charge is -2.15. The van der Waals surface area contributed by atoms with Gasteiger partial charge in [-0.25, -0.2) is 0 Å². The molecule has 0 aliphatic rings. The standard InChI is InChI=1S/C23H24F3NO2/c1-28-20-12-7-17(8-13-20)15-16-27-19(11-14-22(27)29-2)10-9-18-5-3-4-6-21(18)23(24,25)26/h3-8,11-14H,9-10,15-16H2,1-2H3. The highest BCUT2D eigenvalue weighted by molar-refractivity contribution is 5.31. The highest BCUT2D eigenvalue weighted by Crippen LogP contribution is 2.32. The molecule has 0 bridgehead atoms. The van der Waals surface area contributed by atoms with Crippen molar-refractivity contribution in [3.05, 3.63) is 83.0 Å². The number of hydrogen-bond donors (Lipinski definition) is 0. The van der Waals surface area contributed by atoms with Gasteiger partial charge >= 0.3 is 6.18 Å². The molecule has 0 amide bonds. The second-order valence-electron chi connectivity index (χ2n) is 6.77. The third kappa shape index (κ3) is 5.13. The summed E-state index contributed by atoms with van der Waals surface area (Å²) in [5.41, 5.74) is 1.84. The number of hydrogen-bond acceptors (Lipinski definition) is 2. The van der Waals surface area contributed by atoms with Crippen LogP contribution in [0.3, 0.4) is 0 Å². The fourth-order valence-corrected chi connectivity index (χ4v) is 3.45. The van der Waals surface area contributed by atoms with Crippen molar-refractivity contribution in [3.63, 3.8) is 0 Å². The molecule has 3 nitrogen and oxygen atoms in total. The predicted octanol–water partition coefficient (Wildman–Crippen LogP) is 5.55. The van der Waals surface area contributed by atoms with E-state index in [1.807, 2.05) is 41.0 Å². The second-order valence-corrected chi connectivity index (χ2v) is 6.77. The smallest absolute Gasteiger partial charge is 0.416 e. The summed E-state index contributed by atoms with van der Waals surface area (Å²) < 4.78 is 52.4. The van der Waals surface area contributed by atoms with Gasteiger partial charge in [-0.3, -0.25) is 0 Å². The lowest BCUT2D eigenvalue weighted by atomic mass is 10.0. The summed E-state index contributed by atoms with van der Waals surface area (Å²) in [7, 11) is 3.23. The van der Waals surface area contributed by atoms with Crippen LogP contribution in [-0.4, -0.2) is 18.8 Å². The zero-order chi connectivity index (χ0) is 20.9. The summed E-state index contributed by atoms with van der Waals surface area (Å²) in [6.07, 6.45) is -2.75. The normalized spacial score (nSPS) is 11.5. The van der Waals surface area contributed by atoms with Gasteiger partial charge in [0, 0.05) is 18.3 Å². The third-order valence-corrected chi connectivity index (χ3v) is 5.00. The molecule has 0 aliphatic heterocycles. The van der Waals surface area contributed by atoms with E-state index in [2.05, 4.69) is 0 Å². The van der Waals surface area contributed by atoms with Crippen LogP contribution in [0.4, 0.5) is 13.2 Å². The van der Waals surface area contributed by atoms with E-state index in [1.165, 1.54) is 6.07 Å².